The molecular weight excluding hydrogens is 288 g/mol. The molecule has 0 amide bonds. The van der Waals surface area contributed by atoms with Gasteiger partial charge in [-0.3, -0.25) is 0 Å². The SMILES string of the molecule is CC(C)c1noc(CSc2nnc(-c3ccccc3)o2)n1. The van der Waals surface area contributed by atoms with Crippen LogP contribution in [0.4, 0.5) is 0 Å². The Kier molecular flexibility index (Phi) is 4.01. The summed E-state index contributed by atoms with van der Waals surface area (Å²) in [6.07, 6.45) is 0. The van der Waals surface area contributed by atoms with Gasteiger partial charge in [-0.25, -0.2) is 0 Å². The number of nitrogens with zero attached hydrogens (tertiary/aromatic N) is 4. The second-order valence-corrected chi connectivity index (χ2v) is 5.66. The quantitative estimate of drug-likeness (QED) is 0.667. The van der Waals surface area contributed by atoms with Crippen LogP contribution in [0.25, 0.3) is 11.5 Å². The van der Waals surface area contributed by atoms with Gasteiger partial charge in [0, 0.05) is 11.5 Å². The van der Waals surface area contributed by atoms with Gasteiger partial charge in [-0.05, 0) is 12.1 Å². The summed E-state index contributed by atoms with van der Waals surface area (Å²) in [4.78, 5) is 4.30. The van der Waals surface area contributed by atoms with E-state index in [1.165, 1.54) is 11.8 Å². The van der Waals surface area contributed by atoms with Crippen LogP contribution in [0.2, 0.25) is 0 Å². The first kappa shape index (κ1) is 13.8. The van der Waals surface area contributed by atoms with E-state index in [1.54, 1.807) is 0 Å². The summed E-state index contributed by atoms with van der Waals surface area (Å²) in [5.74, 6) is 2.53. The first-order chi connectivity index (χ1) is 10.2. The zero-order valence-corrected chi connectivity index (χ0v) is 12.5. The lowest BCUT2D eigenvalue weighted by Crippen LogP contribution is -1.90. The molecule has 21 heavy (non-hydrogen) atoms. The Morgan fingerprint density at radius 1 is 1.14 bits per heavy atom. The van der Waals surface area contributed by atoms with E-state index >= 15 is 0 Å². The molecular formula is C14H14N4O2S. The molecule has 0 aliphatic heterocycles. The van der Waals surface area contributed by atoms with Gasteiger partial charge in [-0.2, -0.15) is 4.98 Å². The molecule has 2 heterocycles. The molecule has 0 aliphatic rings. The van der Waals surface area contributed by atoms with Crippen LogP contribution < -0.4 is 0 Å². The molecule has 0 aliphatic carbocycles. The number of benzene rings is 1. The number of hydrogen-bond donors (Lipinski definition) is 0. The van der Waals surface area contributed by atoms with Gasteiger partial charge in [0.25, 0.3) is 5.22 Å². The fourth-order valence-electron chi connectivity index (χ4n) is 1.65. The van der Waals surface area contributed by atoms with Crippen molar-refractivity contribution in [3.05, 3.63) is 42.0 Å². The van der Waals surface area contributed by atoms with Crippen LogP contribution in [-0.2, 0) is 5.75 Å². The molecule has 0 fully saturated rings. The number of hydrogen-bond acceptors (Lipinski definition) is 7. The third-order valence-electron chi connectivity index (χ3n) is 2.75. The maximum atomic E-state index is 5.60. The second-order valence-electron chi connectivity index (χ2n) is 4.73. The lowest BCUT2D eigenvalue weighted by Gasteiger charge is -1.93. The maximum Gasteiger partial charge on any atom is 0.277 e. The molecule has 0 saturated heterocycles. The van der Waals surface area contributed by atoms with Crippen molar-refractivity contribution < 1.29 is 8.94 Å². The van der Waals surface area contributed by atoms with Gasteiger partial charge in [0.1, 0.15) is 0 Å². The van der Waals surface area contributed by atoms with Crippen LogP contribution in [0.3, 0.4) is 0 Å². The Bertz CT molecular complexity index is 709. The van der Waals surface area contributed by atoms with Crippen molar-refractivity contribution in [2.24, 2.45) is 0 Å². The van der Waals surface area contributed by atoms with Gasteiger partial charge in [-0.15, -0.1) is 10.2 Å². The van der Waals surface area contributed by atoms with Gasteiger partial charge in [0.15, 0.2) is 5.82 Å². The van der Waals surface area contributed by atoms with Crippen LogP contribution in [0.1, 0.15) is 31.5 Å². The van der Waals surface area contributed by atoms with Crippen LogP contribution >= 0.6 is 11.8 Å². The summed E-state index contributed by atoms with van der Waals surface area (Å²) in [6.45, 7) is 4.04. The summed E-state index contributed by atoms with van der Waals surface area (Å²) in [7, 11) is 0. The third-order valence-corrected chi connectivity index (χ3v) is 3.55. The molecule has 3 aromatic rings. The van der Waals surface area contributed by atoms with E-state index < -0.39 is 0 Å². The van der Waals surface area contributed by atoms with E-state index in [1.807, 2.05) is 44.2 Å². The van der Waals surface area contributed by atoms with Crippen molar-refractivity contribution in [3.8, 4) is 11.5 Å². The third kappa shape index (κ3) is 3.30. The minimum absolute atomic E-state index is 0.251. The predicted molar refractivity (Wildman–Crippen MR) is 77.7 cm³/mol. The van der Waals surface area contributed by atoms with Crippen LogP contribution in [0, 0.1) is 0 Å². The van der Waals surface area contributed by atoms with Gasteiger partial charge in [0.2, 0.25) is 11.8 Å². The first-order valence-corrected chi connectivity index (χ1v) is 7.55. The van der Waals surface area contributed by atoms with Crippen molar-refractivity contribution in [2.75, 3.05) is 0 Å². The molecule has 108 valence electrons. The molecule has 6 nitrogen and oxygen atoms in total. The Balaban J connectivity index is 1.65. The highest BCUT2D eigenvalue weighted by molar-refractivity contribution is 7.98. The molecule has 0 radical (unpaired) electrons. The minimum Gasteiger partial charge on any atom is -0.411 e. The number of thioether (sulfide) groups is 1. The van der Waals surface area contributed by atoms with Crippen LogP contribution in [0.5, 0.6) is 0 Å². The highest BCUT2D eigenvalue weighted by atomic mass is 32.2. The van der Waals surface area contributed by atoms with E-state index in [0.29, 0.717) is 28.6 Å². The minimum atomic E-state index is 0.251. The fourth-order valence-corrected chi connectivity index (χ4v) is 2.25. The molecule has 3 rings (SSSR count). The smallest absolute Gasteiger partial charge is 0.277 e. The van der Waals surface area contributed by atoms with Crippen LogP contribution in [-0.4, -0.2) is 20.3 Å². The Morgan fingerprint density at radius 2 is 1.95 bits per heavy atom. The van der Waals surface area contributed by atoms with Gasteiger partial charge in [-0.1, -0.05) is 49.0 Å². The number of rotatable bonds is 5. The van der Waals surface area contributed by atoms with Gasteiger partial charge >= 0.3 is 0 Å². The molecule has 0 atom stereocenters. The molecule has 1 aromatic carbocycles. The van der Waals surface area contributed by atoms with Crippen molar-refractivity contribution in [3.63, 3.8) is 0 Å². The molecule has 0 unspecified atom stereocenters. The average molecular weight is 302 g/mol. The van der Waals surface area contributed by atoms with Gasteiger partial charge < -0.3 is 8.94 Å². The van der Waals surface area contributed by atoms with E-state index in [9.17, 15) is 0 Å². The van der Waals surface area contributed by atoms with Crippen LogP contribution in [0.15, 0.2) is 44.5 Å². The average Bonchev–Trinajstić information content (AvgIpc) is 3.15. The monoisotopic (exact) mass is 302 g/mol. The lowest BCUT2D eigenvalue weighted by molar-refractivity contribution is 0.382. The molecule has 0 bridgehead atoms. The first-order valence-electron chi connectivity index (χ1n) is 6.56. The summed E-state index contributed by atoms with van der Waals surface area (Å²) in [6, 6.07) is 9.65. The Labute approximate surface area is 126 Å². The molecule has 7 heteroatoms. The molecule has 0 N–H and O–H groups in total. The predicted octanol–water partition coefficient (Wildman–Crippen LogP) is 3.54. The highest BCUT2D eigenvalue weighted by Crippen LogP contribution is 2.25. The number of aromatic nitrogens is 4. The molecule has 2 aromatic heterocycles. The van der Waals surface area contributed by atoms with Crippen molar-refractivity contribution in [2.45, 2.75) is 30.7 Å². The molecule has 0 saturated carbocycles. The largest absolute Gasteiger partial charge is 0.411 e. The van der Waals surface area contributed by atoms with Crippen molar-refractivity contribution in [1.29, 1.82) is 0 Å². The van der Waals surface area contributed by atoms with Gasteiger partial charge in [0.05, 0.1) is 5.75 Å². The standard InChI is InChI=1S/C14H14N4O2S/c1-9(2)12-15-11(20-18-12)8-21-14-17-16-13(19-14)10-6-4-3-5-7-10/h3-7,9H,8H2,1-2H3. The zero-order valence-electron chi connectivity index (χ0n) is 11.7. The normalized spacial score (nSPS) is 11.2. The molecule has 0 spiro atoms. The zero-order chi connectivity index (χ0) is 14.7. The van der Waals surface area contributed by atoms with E-state index in [-0.39, 0.29) is 5.92 Å². The summed E-state index contributed by atoms with van der Waals surface area (Å²) < 4.78 is 10.8. The fraction of sp³-hybridized carbons (Fsp3) is 0.286. The van der Waals surface area contributed by atoms with E-state index in [2.05, 4.69) is 20.3 Å². The van der Waals surface area contributed by atoms with Crippen molar-refractivity contribution >= 4 is 11.8 Å². The van der Waals surface area contributed by atoms with E-state index in [0.717, 1.165) is 5.56 Å². The lowest BCUT2D eigenvalue weighted by atomic mass is 10.2. The van der Waals surface area contributed by atoms with E-state index in [4.69, 9.17) is 8.94 Å². The Hall–Kier alpha value is -2.15. The maximum absolute atomic E-state index is 5.60. The highest BCUT2D eigenvalue weighted by Gasteiger charge is 2.13. The Morgan fingerprint density at radius 3 is 2.67 bits per heavy atom. The second kappa shape index (κ2) is 6.09. The summed E-state index contributed by atoms with van der Waals surface area (Å²) in [5, 5.41) is 12.4. The topological polar surface area (TPSA) is 77.8 Å². The van der Waals surface area contributed by atoms with Crippen molar-refractivity contribution in [1.82, 2.24) is 20.3 Å². The summed E-state index contributed by atoms with van der Waals surface area (Å²) >= 11 is 1.38. The summed E-state index contributed by atoms with van der Waals surface area (Å²) in [5.41, 5.74) is 0.900.